The lowest BCUT2D eigenvalue weighted by atomic mass is 10.1. The maximum absolute atomic E-state index is 12.1. The second kappa shape index (κ2) is 5.59. The number of rotatable bonds is 2. The molecule has 5 nitrogen and oxygen atoms in total. The number of hydrogen-bond donors (Lipinski definition) is 1. The summed E-state index contributed by atoms with van der Waals surface area (Å²) >= 11 is 0. The number of hydrogen-bond acceptors (Lipinski definition) is 5. The summed E-state index contributed by atoms with van der Waals surface area (Å²) in [4.78, 5) is 12.1. The molecule has 4 rings (SSSR count). The zero-order valence-corrected chi connectivity index (χ0v) is 12.5. The lowest BCUT2D eigenvalue weighted by molar-refractivity contribution is 0.0256. The SMILES string of the molecule is O=c1oc2cc(O)ccc2c2cc(OC3CCOCC3)ccc12. The summed E-state index contributed by atoms with van der Waals surface area (Å²) in [7, 11) is 0. The van der Waals surface area contributed by atoms with Crippen LogP contribution in [0.4, 0.5) is 0 Å². The minimum Gasteiger partial charge on any atom is -0.508 e. The first-order chi connectivity index (χ1) is 11.2. The van der Waals surface area contributed by atoms with Gasteiger partial charge in [0, 0.05) is 29.7 Å². The van der Waals surface area contributed by atoms with Crippen molar-refractivity contribution >= 4 is 21.7 Å². The molecule has 1 fully saturated rings. The summed E-state index contributed by atoms with van der Waals surface area (Å²) in [6.07, 6.45) is 1.87. The third-order valence-electron chi connectivity index (χ3n) is 4.14. The summed E-state index contributed by atoms with van der Waals surface area (Å²) < 4.78 is 16.6. The van der Waals surface area contributed by atoms with Crippen LogP contribution in [0, 0.1) is 0 Å². The first-order valence-electron chi connectivity index (χ1n) is 7.65. The van der Waals surface area contributed by atoms with E-state index in [2.05, 4.69) is 0 Å². The van der Waals surface area contributed by atoms with Crippen molar-refractivity contribution in [1.29, 1.82) is 0 Å². The molecule has 0 unspecified atom stereocenters. The van der Waals surface area contributed by atoms with Gasteiger partial charge in [0.25, 0.3) is 0 Å². The molecule has 2 aromatic carbocycles. The number of benzene rings is 2. The van der Waals surface area contributed by atoms with E-state index in [4.69, 9.17) is 13.9 Å². The van der Waals surface area contributed by atoms with E-state index in [0.29, 0.717) is 24.2 Å². The van der Waals surface area contributed by atoms with Crippen molar-refractivity contribution in [3.05, 3.63) is 46.8 Å². The standard InChI is InChI=1S/C18H16O5/c19-11-1-3-14-16-10-13(22-12-5-7-21-8-6-12)2-4-15(16)18(20)23-17(14)9-11/h1-4,9-10,12,19H,5-8H2. The Morgan fingerprint density at radius 2 is 1.78 bits per heavy atom. The van der Waals surface area contributed by atoms with Gasteiger partial charge in [0.05, 0.1) is 18.6 Å². The molecule has 1 aromatic heterocycles. The Morgan fingerprint density at radius 1 is 1.00 bits per heavy atom. The normalized spacial score (nSPS) is 16.0. The maximum Gasteiger partial charge on any atom is 0.344 e. The molecule has 0 radical (unpaired) electrons. The molecule has 1 N–H and O–H groups in total. The van der Waals surface area contributed by atoms with Crippen LogP contribution in [0.15, 0.2) is 45.6 Å². The van der Waals surface area contributed by atoms with Crippen LogP contribution in [0.3, 0.4) is 0 Å². The van der Waals surface area contributed by atoms with Crippen LogP contribution in [0.25, 0.3) is 21.7 Å². The second-order valence-electron chi connectivity index (χ2n) is 5.71. The molecule has 118 valence electrons. The van der Waals surface area contributed by atoms with E-state index in [9.17, 15) is 9.90 Å². The Labute approximate surface area is 132 Å². The molecule has 0 spiro atoms. The predicted octanol–water partition coefficient (Wildman–Crippen LogP) is 3.21. The Balaban J connectivity index is 1.82. The van der Waals surface area contributed by atoms with Gasteiger partial charge < -0.3 is 19.0 Å². The fraction of sp³-hybridized carbons (Fsp3) is 0.278. The smallest absolute Gasteiger partial charge is 0.344 e. The minimum absolute atomic E-state index is 0.0645. The van der Waals surface area contributed by atoms with Gasteiger partial charge in [-0.05, 0) is 30.3 Å². The van der Waals surface area contributed by atoms with Crippen molar-refractivity contribution in [2.75, 3.05) is 13.2 Å². The van der Waals surface area contributed by atoms with Gasteiger partial charge in [0.1, 0.15) is 23.2 Å². The van der Waals surface area contributed by atoms with Gasteiger partial charge in [-0.25, -0.2) is 4.79 Å². The Hall–Kier alpha value is -2.53. The van der Waals surface area contributed by atoms with Gasteiger partial charge in [-0.15, -0.1) is 0 Å². The number of ether oxygens (including phenoxy) is 2. The molecule has 1 saturated heterocycles. The van der Waals surface area contributed by atoms with Gasteiger partial charge in [0.15, 0.2) is 0 Å². The minimum atomic E-state index is -0.421. The molecule has 1 aliphatic heterocycles. The van der Waals surface area contributed by atoms with Crippen molar-refractivity contribution in [2.24, 2.45) is 0 Å². The Bertz CT molecular complexity index is 922. The van der Waals surface area contributed by atoms with E-state index in [1.165, 1.54) is 6.07 Å². The average Bonchev–Trinajstić information content (AvgIpc) is 2.55. The highest BCUT2D eigenvalue weighted by Gasteiger charge is 2.16. The van der Waals surface area contributed by atoms with Crippen LogP contribution >= 0.6 is 0 Å². The van der Waals surface area contributed by atoms with Crippen LogP contribution in [0.1, 0.15) is 12.8 Å². The van der Waals surface area contributed by atoms with Gasteiger partial charge in [-0.3, -0.25) is 0 Å². The number of aromatic hydroxyl groups is 1. The topological polar surface area (TPSA) is 68.9 Å². The van der Waals surface area contributed by atoms with E-state index in [1.807, 2.05) is 6.07 Å². The molecular weight excluding hydrogens is 296 g/mol. The Morgan fingerprint density at radius 3 is 2.61 bits per heavy atom. The van der Waals surface area contributed by atoms with E-state index in [1.54, 1.807) is 24.3 Å². The molecule has 0 bridgehead atoms. The van der Waals surface area contributed by atoms with E-state index >= 15 is 0 Å². The van der Waals surface area contributed by atoms with E-state index in [-0.39, 0.29) is 11.9 Å². The first kappa shape index (κ1) is 14.1. The van der Waals surface area contributed by atoms with Crippen molar-refractivity contribution < 1.29 is 19.0 Å². The van der Waals surface area contributed by atoms with Crippen LogP contribution in [-0.4, -0.2) is 24.4 Å². The molecule has 0 amide bonds. The third-order valence-corrected chi connectivity index (χ3v) is 4.14. The Kier molecular flexibility index (Phi) is 3.42. The summed E-state index contributed by atoms with van der Waals surface area (Å²) in [5.41, 5.74) is -0.0542. The first-order valence-corrected chi connectivity index (χ1v) is 7.65. The van der Waals surface area contributed by atoms with Crippen molar-refractivity contribution in [1.82, 2.24) is 0 Å². The summed E-state index contributed by atoms with van der Waals surface area (Å²) in [5, 5.41) is 11.6. The number of phenols is 1. The van der Waals surface area contributed by atoms with Gasteiger partial charge >= 0.3 is 5.63 Å². The third kappa shape index (κ3) is 2.64. The van der Waals surface area contributed by atoms with Crippen LogP contribution in [0.5, 0.6) is 11.5 Å². The fourth-order valence-electron chi connectivity index (χ4n) is 2.96. The molecule has 2 heterocycles. The fourth-order valence-corrected chi connectivity index (χ4v) is 2.96. The molecule has 5 heteroatoms. The monoisotopic (exact) mass is 312 g/mol. The average molecular weight is 312 g/mol. The van der Waals surface area contributed by atoms with Crippen LogP contribution in [-0.2, 0) is 4.74 Å². The molecule has 3 aromatic rings. The summed E-state index contributed by atoms with van der Waals surface area (Å²) in [5.74, 6) is 0.791. The lowest BCUT2D eigenvalue weighted by Gasteiger charge is -2.23. The number of fused-ring (bicyclic) bond motifs is 3. The summed E-state index contributed by atoms with van der Waals surface area (Å²) in [6.45, 7) is 1.42. The van der Waals surface area contributed by atoms with Gasteiger partial charge in [-0.1, -0.05) is 0 Å². The van der Waals surface area contributed by atoms with E-state index in [0.717, 1.165) is 29.4 Å². The quantitative estimate of drug-likeness (QED) is 0.581. The van der Waals surface area contributed by atoms with Crippen molar-refractivity contribution in [3.63, 3.8) is 0 Å². The number of phenolic OH excluding ortho intramolecular Hbond substituents is 1. The second-order valence-corrected chi connectivity index (χ2v) is 5.71. The highest BCUT2D eigenvalue weighted by atomic mass is 16.5. The molecule has 0 saturated carbocycles. The molecule has 0 aliphatic carbocycles. The molecule has 23 heavy (non-hydrogen) atoms. The highest BCUT2D eigenvalue weighted by molar-refractivity contribution is 6.05. The zero-order chi connectivity index (χ0) is 15.8. The molecular formula is C18H16O5. The molecule has 0 atom stereocenters. The lowest BCUT2D eigenvalue weighted by Crippen LogP contribution is -2.25. The maximum atomic E-state index is 12.1. The summed E-state index contributed by atoms with van der Waals surface area (Å²) in [6, 6.07) is 10.1. The van der Waals surface area contributed by atoms with Crippen molar-refractivity contribution in [3.8, 4) is 11.5 Å². The molecule has 1 aliphatic rings. The van der Waals surface area contributed by atoms with E-state index < -0.39 is 5.63 Å². The van der Waals surface area contributed by atoms with Crippen LogP contribution < -0.4 is 10.4 Å². The van der Waals surface area contributed by atoms with Gasteiger partial charge in [0.2, 0.25) is 0 Å². The van der Waals surface area contributed by atoms with Crippen molar-refractivity contribution in [2.45, 2.75) is 18.9 Å². The predicted molar refractivity (Wildman–Crippen MR) is 86.1 cm³/mol. The van der Waals surface area contributed by atoms with Crippen LogP contribution in [0.2, 0.25) is 0 Å². The zero-order valence-electron chi connectivity index (χ0n) is 12.5. The van der Waals surface area contributed by atoms with Gasteiger partial charge in [-0.2, -0.15) is 0 Å². The highest BCUT2D eigenvalue weighted by Crippen LogP contribution is 2.29. The largest absolute Gasteiger partial charge is 0.508 e.